The van der Waals surface area contributed by atoms with Gasteiger partial charge >= 0.3 is 6.03 Å². The highest BCUT2D eigenvalue weighted by Crippen LogP contribution is 2.26. The van der Waals surface area contributed by atoms with E-state index in [9.17, 15) is 19.2 Å². The van der Waals surface area contributed by atoms with Crippen LogP contribution in [-0.4, -0.2) is 53.1 Å². The molecular formula is C22H23N3O5. The Labute approximate surface area is 174 Å². The van der Waals surface area contributed by atoms with E-state index in [1.165, 1.54) is 18.9 Å². The third-order valence-corrected chi connectivity index (χ3v) is 4.79. The van der Waals surface area contributed by atoms with Crippen molar-refractivity contribution in [1.82, 2.24) is 9.80 Å². The van der Waals surface area contributed by atoms with E-state index in [0.717, 1.165) is 16.0 Å². The summed E-state index contributed by atoms with van der Waals surface area (Å²) in [4.78, 5) is 52.7. The molecule has 1 fully saturated rings. The van der Waals surface area contributed by atoms with Crippen LogP contribution in [0.15, 0.2) is 48.5 Å². The molecule has 3 rings (SSSR count). The molecule has 0 bridgehead atoms. The molecule has 0 spiro atoms. The molecular weight excluding hydrogens is 386 g/mol. The molecule has 1 aliphatic heterocycles. The van der Waals surface area contributed by atoms with Crippen molar-refractivity contribution in [3.63, 3.8) is 0 Å². The topological polar surface area (TPSA) is 96.0 Å². The monoisotopic (exact) mass is 409 g/mol. The Morgan fingerprint density at radius 2 is 1.83 bits per heavy atom. The first-order valence-electron chi connectivity index (χ1n) is 9.42. The minimum atomic E-state index is -1.56. The number of ketones is 1. The molecule has 1 heterocycles. The SMILES string of the molecule is COc1ccc(C)cc1NC(=O)C(C(C)=O)N1C(=O)CN(Cc2ccccc2)C1=O. The summed E-state index contributed by atoms with van der Waals surface area (Å²) in [7, 11) is 1.46. The van der Waals surface area contributed by atoms with Crippen molar-refractivity contribution < 1.29 is 23.9 Å². The molecule has 1 atom stereocenters. The van der Waals surface area contributed by atoms with Gasteiger partial charge in [0.05, 0.1) is 12.8 Å². The number of carbonyl (C=O) groups excluding carboxylic acids is 4. The van der Waals surface area contributed by atoms with Crippen LogP contribution >= 0.6 is 0 Å². The van der Waals surface area contributed by atoms with Crippen molar-refractivity contribution in [2.24, 2.45) is 0 Å². The lowest BCUT2D eigenvalue weighted by molar-refractivity contribution is -0.138. The maximum absolute atomic E-state index is 12.9. The van der Waals surface area contributed by atoms with Crippen LogP contribution in [0, 0.1) is 6.92 Å². The molecule has 2 aromatic carbocycles. The Morgan fingerprint density at radius 3 is 2.47 bits per heavy atom. The maximum Gasteiger partial charge on any atom is 0.328 e. The van der Waals surface area contributed by atoms with Gasteiger partial charge in [-0.05, 0) is 37.1 Å². The van der Waals surface area contributed by atoms with Gasteiger partial charge in [0.25, 0.3) is 11.8 Å². The number of methoxy groups -OCH3 is 1. The van der Waals surface area contributed by atoms with Crippen molar-refractivity contribution in [1.29, 1.82) is 0 Å². The van der Waals surface area contributed by atoms with Gasteiger partial charge in [-0.1, -0.05) is 36.4 Å². The Morgan fingerprint density at radius 1 is 1.13 bits per heavy atom. The average Bonchev–Trinajstić information content (AvgIpc) is 2.96. The largest absolute Gasteiger partial charge is 0.495 e. The van der Waals surface area contributed by atoms with Gasteiger partial charge in [-0.3, -0.25) is 14.4 Å². The first-order chi connectivity index (χ1) is 14.3. The second-order valence-electron chi connectivity index (χ2n) is 7.09. The molecule has 8 nitrogen and oxygen atoms in total. The second kappa shape index (κ2) is 8.77. The lowest BCUT2D eigenvalue weighted by Gasteiger charge is -2.24. The Hall–Kier alpha value is -3.68. The lowest BCUT2D eigenvalue weighted by Crippen LogP contribution is -2.51. The maximum atomic E-state index is 12.9. The Bertz CT molecular complexity index is 990. The van der Waals surface area contributed by atoms with E-state index in [2.05, 4.69) is 5.32 Å². The molecule has 8 heteroatoms. The molecule has 0 aromatic heterocycles. The van der Waals surface area contributed by atoms with Crippen LogP contribution in [0.1, 0.15) is 18.1 Å². The molecule has 4 amide bonds. The minimum Gasteiger partial charge on any atom is -0.495 e. The van der Waals surface area contributed by atoms with Crippen LogP contribution in [0.5, 0.6) is 5.75 Å². The number of aryl methyl sites for hydroxylation is 1. The minimum absolute atomic E-state index is 0.196. The van der Waals surface area contributed by atoms with Crippen molar-refractivity contribution in [2.75, 3.05) is 19.0 Å². The number of imide groups is 1. The van der Waals surface area contributed by atoms with Crippen LogP contribution in [0.3, 0.4) is 0 Å². The van der Waals surface area contributed by atoms with E-state index >= 15 is 0 Å². The standard InChI is InChI=1S/C22H23N3O5/c1-14-9-10-18(30-3)17(11-14)23-21(28)20(15(2)26)25-19(27)13-24(22(25)29)12-16-7-5-4-6-8-16/h4-11,20H,12-13H2,1-3H3,(H,23,28). The molecule has 1 saturated heterocycles. The van der Waals surface area contributed by atoms with Crippen molar-refractivity contribution in [3.05, 3.63) is 59.7 Å². The number of benzene rings is 2. The van der Waals surface area contributed by atoms with Crippen molar-refractivity contribution in [2.45, 2.75) is 26.4 Å². The molecule has 156 valence electrons. The third-order valence-electron chi connectivity index (χ3n) is 4.79. The van der Waals surface area contributed by atoms with E-state index < -0.39 is 29.7 Å². The number of nitrogens with one attached hydrogen (secondary N) is 1. The van der Waals surface area contributed by atoms with Crippen LogP contribution < -0.4 is 10.1 Å². The summed E-state index contributed by atoms with van der Waals surface area (Å²) in [6.45, 7) is 3.03. The molecule has 0 saturated carbocycles. The van der Waals surface area contributed by atoms with Gasteiger partial charge < -0.3 is 15.0 Å². The average molecular weight is 409 g/mol. The zero-order valence-electron chi connectivity index (χ0n) is 17.0. The van der Waals surface area contributed by atoms with Crippen LogP contribution in [0.2, 0.25) is 0 Å². The van der Waals surface area contributed by atoms with Crippen molar-refractivity contribution in [3.8, 4) is 5.75 Å². The fourth-order valence-corrected chi connectivity index (χ4v) is 3.35. The molecule has 2 aromatic rings. The second-order valence-corrected chi connectivity index (χ2v) is 7.09. The smallest absolute Gasteiger partial charge is 0.328 e. The number of amides is 4. The Balaban J connectivity index is 1.82. The predicted molar refractivity (Wildman–Crippen MR) is 110 cm³/mol. The summed E-state index contributed by atoms with van der Waals surface area (Å²) in [5, 5.41) is 2.62. The first-order valence-corrected chi connectivity index (χ1v) is 9.42. The number of urea groups is 1. The van der Waals surface area contributed by atoms with Gasteiger partial charge in [-0.2, -0.15) is 0 Å². The number of anilines is 1. The van der Waals surface area contributed by atoms with E-state index in [-0.39, 0.29) is 13.1 Å². The van der Waals surface area contributed by atoms with E-state index in [0.29, 0.717) is 11.4 Å². The molecule has 1 aliphatic rings. The number of Topliss-reactive ketones (excluding diaryl/α,β-unsaturated/α-hetero) is 1. The van der Waals surface area contributed by atoms with E-state index in [1.54, 1.807) is 12.1 Å². The van der Waals surface area contributed by atoms with E-state index in [4.69, 9.17) is 4.74 Å². The fourth-order valence-electron chi connectivity index (χ4n) is 3.35. The number of hydrogen-bond acceptors (Lipinski definition) is 5. The lowest BCUT2D eigenvalue weighted by atomic mass is 10.1. The number of ether oxygens (including phenoxy) is 1. The summed E-state index contributed by atoms with van der Waals surface area (Å²) in [5.74, 6) is -1.57. The molecule has 30 heavy (non-hydrogen) atoms. The van der Waals surface area contributed by atoms with Gasteiger partial charge in [0.15, 0.2) is 11.8 Å². The van der Waals surface area contributed by atoms with Crippen LogP contribution in [0.4, 0.5) is 10.5 Å². The first kappa shape index (κ1) is 21.0. The molecule has 0 radical (unpaired) electrons. The number of carbonyl (C=O) groups is 4. The van der Waals surface area contributed by atoms with Gasteiger partial charge in [0.2, 0.25) is 0 Å². The number of hydrogen-bond donors (Lipinski definition) is 1. The Kier molecular flexibility index (Phi) is 6.15. The predicted octanol–water partition coefficient (Wildman–Crippen LogP) is 2.36. The van der Waals surface area contributed by atoms with Crippen LogP contribution in [-0.2, 0) is 20.9 Å². The van der Waals surface area contributed by atoms with Gasteiger partial charge in [-0.25, -0.2) is 9.69 Å². The summed E-state index contributed by atoms with van der Waals surface area (Å²) < 4.78 is 5.24. The summed E-state index contributed by atoms with van der Waals surface area (Å²) in [6.07, 6.45) is 0. The number of nitrogens with zero attached hydrogens (tertiary/aromatic N) is 2. The zero-order chi connectivity index (χ0) is 21.8. The third kappa shape index (κ3) is 4.32. The summed E-state index contributed by atoms with van der Waals surface area (Å²) in [5.41, 5.74) is 2.07. The zero-order valence-corrected chi connectivity index (χ0v) is 17.0. The number of rotatable bonds is 7. The normalized spacial score (nSPS) is 14.6. The summed E-state index contributed by atoms with van der Waals surface area (Å²) >= 11 is 0. The highest BCUT2D eigenvalue weighted by Gasteiger charge is 2.45. The van der Waals surface area contributed by atoms with Gasteiger partial charge in [-0.15, -0.1) is 0 Å². The van der Waals surface area contributed by atoms with E-state index in [1.807, 2.05) is 43.3 Å². The van der Waals surface area contributed by atoms with Gasteiger partial charge in [0, 0.05) is 6.54 Å². The van der Waals surface area contributed by atoms with Gasteiger partial charge in [0.1, 0.15) is 12.3 Å². The molecule has 1 N–H and O–H groups in total. The molecule has 0 aliphatic carbocycles. The molecule has 1 unspecified atom stereocenters. The summed E-state index contributed by atoms with van der Waals surface area (Å²) in [6, 6.07) is 12.1. The highest BCUT2D eigenvalue weighted by atomic mass is 16.5. The van der Waals surface area contributed by atoms with Crippen molar-refractivity contribution >= 4 is 29.3 Å². The van der Waals surface area contributed by atoms with Crippen LogP contribution in [0.25, 0.3) is 0 Å². The quantitative estimate of drug-likeness (QED) is 0.559. The highest BCUT2D eigenvalue weighted by molar-refractivity contribution is 6.17. The fraction of sp³-hybridized carbons (Fsp3) is 0.273.